The zero-order valence-corrected chi connectivity index (χ0v) is 10.4. The molecule has 0 spiro atoms. The largest absolute Gasteiger partial charge is 0.361 e. The molecule has 1 saturated heterocycles. The van der Waals surface area contributed by atoms with Crippen molar-refractivity contribution in [2.45, 2.75) is 33.2 Å². The molecule has 1 fully saturated rings. The summed E-state index contributed by atoms with van der Waals surface area (Å²) in [5.41, 5.74) is 0.472. The quantitative estimate of drug-likeness (QED) is 0.822. The molecular weight excluding hydrogens is 218 g/mol. The highest BCUT2D eigenvalue weighted by atomic mass is 16.5. The molecule has 0 saturated carbocycles. The van der Waals surface area contributed by atoms with E-state index in [2.05, 4.69) is 15.8 Å². The molecule has 0 aromatic carbocycles. The Morgan fingerprint density at radius 2 is 2.53 bits per heavy atom. The normalized spacial score (nSPS) is 24.6. The number of amides is 1. The van der Waals surface area contributed by atoms with Crippen molar-refractivity contribution in [3.63, 3.8) is 0 Å². The summed E-state index contributed by atoms with van der Waals surface area (Å²) in [6.07, 6.45) is 1.98. The van der Waals surface area contributed by atoms with E-state index < -0.39 is 0 Å². The minimum absolute atomic E-state index is 0.0883. The van der Waals surface area contributed by atoms with E-state index in [1.165, 1.54) is 0 Å². The average molecular weight is 237 g/mol. The monoisotopic (exact) mass is 237 g/mol. The van der Waals surface area contributed by atoms with Crippen LogP contribution in [-0.2, 0) is 11.3 Å². The van der Waals surface area contributed by atoms with Crippen LogP contribution >= 0.6 is 0 Å². The number of piperidine rings is 1. The van der Waals surface area contributed by atoms with E-state index >= 15 is 0 Å². The number of hydrogen-bond donors (Lipinski definition) is 2. The lowest BCUT2D eigenvalue weighted by Gasteiger charge is -2.32. The van der Waals surface area contributed by atoms with Crippen molar-refractivity contribution in [1.82, 2.24) is 15.8 Å². The summed E-state index contributed by atoms with van der Waals surface area (Å²) in [6.45, 7) is 6.03. The first-order valence-corrected chi connectivity index (χ1v) is 6.01. The standard InChI is InChI=1S/C12H19N3O2/c1-9-6-10(15-17-9)7-14-11(16)12(2)4-3-5-13-8-12/h6,13H,3-5,7-8H2,1-2H3,(H,14,16). The van der Waals surface area contributed by atoms with Crippen molar-refractivity contribution in [3.05, 3.63) is 17.5 Å². The fourth-order valence-electron chi connectivity index (χ4n) is 2.14. The molecule has 1 aromatic rings. The first kappa shape index (κ1) is 12.1. The number of carbonyl (C=O) groups excluding carboxylic acids is 1. The maximum atomic E-state index is 12.1. The number of nitrogens with zero attached hydrogens (tertiary/aromatic N) is 1. The Balaban J connectivity index is 1.88. The fraction of sp³-hybridized carbons (Fsp3) is 0.667. The van der Waals surface area contributed by atoms with Crippen LogP contribution in [0.2, 0.25) is 0 Å². The molecule has 94 valence electrons. The second kappa shape index (κ2) is 4.87. The summed E-state index contributed by atoms with van der Waals surface area (Å²) >= 11 is 0. The van der Waals surface area contributed by atoms with E-state index in [4.69, 9.17) is 4.52 Å². The van der Waals surface area contributed by atoms with Crippen LogP contribution in [0.25, 0.3) is 0 Å². The van der Waals surface area contributed by atoms with Crippen molar-refractivity contribution >= 4 is 5.91 Å². The summed E-state index contributed by atoms with van der Waals surface area (Å²) < 4.78 is 4.95. The topological polar surface area (TPSA) is 67.2 Å². The summed E-state index contributed by atoms with van der Waals surface area (Å²) in [4.78, 5) is 12.1. The smallest absolute Gasteiger partial charge is 0.227 e. The van der Waals surface area contributed by atoms with Crippen LogP contribution in [0, 0.1) is 12.3 Å². The second-order valence-corrected chi connectivity index (χ2v) is 4.95. The summed E-state index contributed by atoms with van der Waals surface area (Å²) in [5.74, 6) is 0.852. The summed E-state index contributed by atoms with van der Waals surface area (Å²) in [7, 11) is 0. The van der Waals surface area contributed by atoms with Gasteiger partial charge in [-0.25, -0.2) is 0 Å². The maximum absolute atomic E-state index is 12.1. The van der Waals surface area contributed by atoms with E-state index in [9.17, 15) is 4.79 Å². The van der Waals surface area contributed by atoms with Crippen molar-refractivity contribution in [2.75, 3.05) is 13.1 Å². The Morgan fingerprint density at radius 3 is 3.12 bits per heavy atom. The van der Waals surface area contributed by atoms with Gasteiger partial charge in [0.1, 0.15) is 11.5 Å². The van der Waals surface area contributed by atoms with Crippen molar-refractivity contribution < 1.29 is 9.32 Å². The second-order valence-electron chi connectivity index (χ2n) is 4.95. The molecule has 1 amide bonds. The summed E-state index contributed by atoms with van der Waals surface area (Å²) in [5, 5.41) is 10.0. The highest BCUT2D eigenvalue weighted by Gasteiger charge is 2.34. The highest BCUT2D eigenvalue weighted by Crippen LogP contribution is 2.25. The predicted molar refractivity (Wildman–Crippen MR) is 63.3 cm³/mol. The highest BCUT2D eigenvalue weighted by molar-refractivity contribution is 5.82. The van der Waals surface area contributed by atoms with Gasteiger partial charge in [0.15, 0.2) is 0 Å². The van der Waals surface area contributed by atoms with E-state index in [-0.39, 0.29) is 11.3 Å². The van der Waals surface area contributed by atoms with Crippen molar-refractivity contribution in [2.24, 2.45) is 5.41 Å². The number of aromatic nitrogens is 1. The third-order valence-electron chi connectivity index (χ3n) is 3.25. The molecule has 0 bridgehead atoms. The minimum atomic E-state index is -0.295. The Bertz CT molecular complexity index is 394. The van der Waals surface area contributed by atoms with Crippen molar-refractivity contribution in [3.8, 4) is 0 Å². The van der Waals surface area contributed by atoms with Gasteiger partial charge in [0.2, 0.25) is 5.91 Å². The van der Waals surface area contributed by atoms with E-state index in [1.807, 2.05) is 19.9 Å². The number of nitrogens with one attached hydrogen (secondary N) is 2. The molecule has 1 aliphatic rings. The predicted octanol–water partition coefficient (Wildman–Crippen LogP) is 0.989. The maximum Gasteiger partial charge on any atom is 0.227 e. The first-order chi connectivity index (χ1) is 8.10. The van der Waals surface area contributed by atoms with Crippen LogP contribution in [0.5, 0.6) is 0 Å². The number of hydrogen-bond acceptors (Lipinski definition) is 4. The van der Waals surface area contributed by atoms with Gasteiger partial charge in [-0.05, 0) is 33.2 Å². The summed E-state index contributed by atoms with van der Waals surface area (Å²) in [6, 6.07) is 1.84. The third kappa shape index (κ3) is 2.85. The number of carbonyl (C=O) groups is 1. The Labute approximate surface area is 101 Å². The van der Waals surface area contributed by atoms with Crippen LogP contribution in [-0.4, -0.2) is 24.2 Å². The zero-order valence-electron chi connectivity index (χ0n) is 10.4. The molecule has 2 rings (SSSR count). The lowest BCUT2D eigenvalue weighted by Crippen LogP contribution is -2.48. The van der Waals surface area contributed by atoms with Gasteiger partial charge in [-0.2, -0.15) is 0 Å². The lowest BCUT2D eigenvalue weighted by atomic mass is 9.82. The molecule has 0 radical (unpaired) electrons. The minimum Gasteiger partial charge on any atom is -0.361 e. The molecule has 2 heterocycles. The number of rotatable bonds is 3. The van der Waals surface area contributed by atoms with Gasteiger partial charge in [-0.3, -0.25) is 4.79 Å². The molecule has 5 nitrogen and oxygen atoms in total. The molecule has 2 N–H and O–H groups in total. The molecule has 1 unspecified atom stereocenters. The van der Waals surface area contributed by atoms with Gasteiger partial charge in [-0.1, -0.05) is 5.16 Å². The van der Waals surface area contributed by atoms with E-state index in [0.717, 1.165) is 37.4 Å². The Morgan fingerprint density at radius 1 is 1.71 bits per heavy atom. The molecule has 5 heteroatoms. The van der Waals surface area contributed by atoms with Gasteiger partial charge in [0, 0.05) is 12.6 Å². The SMILES string of the molecule is Cc1cc(CNC(=O)C2(C)CCCNC2)no1. The lowest BCUT2D eigenvalue weighted by molar-refractivity contribution is -0.131. The average Bonchev–Trinajstić information content (AvgIpc) is 2.73. The van der Waals surface area contributed by atoms with Gasteiger partial charge in [-0.15, -0.1) is 0 Å². The van der Waals surface area contributed by atoms with Gasteiger partial charge < -0.3 is 15.2 Å². The molecule has 1 aromatic heterocycles. The van der Waals surface area contributed by atoms with Crippen LogP contribution in [0.15, 0.2) is 10.6 Å². The van der Waals surface area contributed by atoms with Crippen LogP contribution in [0.4, 0.5) is 0 Å². The van der Waals surface area contributed by atoms with E-state index in [1.54, 1.807) is 0 Å². The van der Waals surface area contributed by atoms with Gasteiger partial charge in [0.25, 0.3) is 0 Å². The Hall–Kier alpha value is -1.36. The molecular formula is C12H19N3O2. The zero-order chi connectivity index (χ0) is 12.3. The van der Waals surface area contributed by atoms with Crippen LogP contribution in [0.1, 0.15) is 31.2 Å². The first-order valence-electron chi connectivity index (χ1n) is 6.01. The van der Waals surface area contributed by atoms with Crippen LogP contribution < -0.4 is 10.6 Å². The Kier molecular flexibility index (Phi) is 3.47. The van der Waals surface area contributed by atoms with Gasteiger partial charge >= 0.3 is 0 Å². The third-order valence-corrected chi connectivity index (χ3v) is 3.25. The molecule has 0 aliphatic carbocycles. The number of aryl methyl sites for hydroxylation is 1. The molecule has 1 atom stereocenters. The van der Waals surface area contributed by atoms with E-state index in [0.29, 0.717) is 6.54 Å². The van der Waals surface area contributed by atoms with Crippen molar-refractivity contribution in [1.29, 1.82) is 0 Å². The van der Waals surface area contributed by atoms with Gasteiger partial charge in [0.05, 0.1) is 12.0 Å². The molecule has 1 aliphatic heterocycles. The fourth-order valence-corrected chi connectivity index (χ4v) is 2.14. The van der Waals surface area contributed by atoms with Crippen LogP contribution in [0.3, 0.4) is 0 Å². The molecule has 17 heavy (non-hydrogen) atoms.